The van der Waals surface area contributed by atoms with Crippen molar-refractivity contribution >= 4 is 28.5 Å². The number of urea groups is 1. The molecule has 1 aromatic rings. The number of thiazole rings is 1. The average molecular weight is 326 g/mol. The highest BCUT2D eigenvalue weighted by Crippen LogP contribution is 2.21. The second-order valence-electron chi connectivity index (χ2n) is 5.28. The van der Waals surface area contributed by atoms with Crippen LogP contribution in [0.5, 0.6) is 0 Å². The van der Waals surface area contributed by atoms with Crippen LogP contribution in [0.4, 0.5) is 9.93 Å². The second-order valence-corrected chi connectivity index (χ2v) is 6.49. The molecule has 2 amide bonds. The number of aryl methyl sites for hydroxylation is 2. The molecule has 8 heteroatoms. The fourth-order valence-corrected chi connectivity index (χ4v) is 3.08. The van der Waals surface area contributed by atoms with E-state index in [0.717, 1.165) is 23.5 Å². The Hall–Kier alpha value is -1.67. The Morgan fingerprint density at radius 1 is 1.27 bits per heavy atom. The zero-order chi connectivity index (χ0) is 16.1. The summed E-state index contributed by atoms with van der Waals surface area (Å²) in [6.45, 7) is 6.90. The first-order chi connectivity index (χ1) is 10.5. The molecule has 1 saturated heterocycles. The number of ether oxygens (including phenoxy) is 1. The Morgan fingerprint density at radius 2 is 2.05 bits per heavy atom. The Bertz CT molecular complexity index is 527. The predicted molar refractivity (Wildman–Crippen MR) is 85.3 cm³/mol. The smallest absolute Gasteiger partial charge is 0.323 e. The largest absolute Gasteiger partial charge is 0.468 e. The van der Waals surface area contributed by atoms with Gasteiger partial charge in [-0.2, -0.15) is 0 Å². The fourth-order valence-electron chi connectivity index (χ4n) is 2.28. The van der Waals surface area contributed by atoms with Gasteiger partial charge >= 0.3 is 12.0 Å². The maximum atomic E-state index is 12.3. The van der Waals surface area contributed by atoms with Gasteiger partial charge in [-0.1, -0.05) is 0 Å². The molecule has 2 heterocycles. The van der Waals surface area contributed by atoms with Crippen molar-refractivity contribution in [3.05, 3.63) is 10.6 Å². The molecule has 0 unspecified atom stereocenters. The van der Waals surface area contributed by atoms with Crippen LogP contribution in [0.1, 0.15) is 17.0 Å². The summed E-state index contributed by atoms with van der Waals surface area (Å²) in [4.78, 5) is 32.8. The van der Waals surface area contributed by atoms with Crippen molar-refractivity contribution in [2.24, 2.45) is 0 Å². The van der Waals surface area contributed by atoms with Crippen LogP contribution < -0.4 is 5.32 Å². The summed E-state index contributed by atoms with van der Waals surface area (Å²) in [5.41, 5.74) is 0.945. The Balaban J connectivity index is 1.87. The van der Waals surface area contributed by atoms with Gasteiger partial charge in [-0.3, -0.25) is 15.0 Å². The molecule has 0 aromatic carbocycles. The van der Waals surface area contributed by atoms with E-state index in [4.69, 9.17) is 0 Å². The molecule has 1 aromatic heterocycles. The number of carbonyl (C=O) groups is 2. The lowest BCUT2D eigenvalue weighted by atomic mass is 10.4. The molecule has 22 heavy (non-hydrogen) atoms. The van der Waals surface area contributed by atoms with Gasteiger partial charge in [-0.05, 0) is 20.3 Å². The minimum Gasteiger partial charge on any atom is -0.468 e. The highest BCUT2D eigenvalue weighted by atomic mass is 32.1. The zero-order valence-electron chi connectivity index (χ0n) is 13.2. The monoisotopic (exact) mass is 326 g/mol. The molecule has 1 aliphatic rings. The van der Waals surface area contributed by atoms with Crippen LogP contribution in [0.15, 0.2) is 0 Å². The van der Waals surface area contributed by atoms with Gasteiger partial charge in [-0.25, -0.2) is 9.78 Å². The third kappa shape index (κ3) is 4.41. The maximum Gasteiger partial charge on any atom is 0.323 e. The lowest BCUT2D eigenvalue weighted by molar-refractivity contribution is -0.141. The van der Waals surface area contributed by atoms with Crippen molar-refractivity contribution in [2.45, 2.75) is 20.3 Å². The van der Waals surface area contributed by atoms with Crippen LogP contribution in [-0.2, 0) is 9.53 Å². The van der Waals surface area contributed by atoms with Crippen LogP contribution in [0.3, 0.4) is 0 Å². The minimum atomic E-state index is -0.244. The van der Waals surface area contributed by atoms with Crippen LogP contribution >= 0.6 is 11.3 Å². The van der Waals surface area contributed by atoms with E-state index in [1.807, 2.05) is 18.7 Å². The van der Waals surface area contributed by atoms with Crippen molar-refractivity contribution < 1.29 is 14.3 Å². The van der Waals surface area contributed by atoms with E-state index in [-0.39, 0.29) is 18.5 Å². The first kappa shape index (κ1) is 16.7. The number of nitrogens with one attached hydrogen (secondary N) is 1. The standard InChI is InChI=1S/C14H22N4O3S/c1-10-11(2)22-13(15-10)16-14(20)18-6-4-5-17(7-8-18)9-12(19)21-3/h4-9H2,1-3H3,(H,15,16,20). The minimum absolute atomic E-state index is 0.131. The van der Waals surface area contributed by atoms with Crippen LogP contribution in [0.25, 0.3) is 0 Å². The number of nitrogens with zero attached hydrogens (tertiary/aromatic N) is 3. The fraction of sp³-hybridized carbons (Fsp3) is 0.643. The van der Waals surface area contributed by atoms with E-state index >= 15 is 0 Å². The SMILES string of the molecule is COC(=O)CN1CCCN(C(=O)Nc2nc(C)c(C)s2)CC1. The number of esters is 1. The molecule has 0 atom stereocenters. The van der Waals surface area contributed by atoms with Crippen molar-refractivity contribution in [1.82, 2.24) is 14.8 Å². The van der Waals surface area contributed by atoms with Gasteiger partial charge in [0.15, 0.2) is 5.13 Å². The summed E-state index contributed by atoms with van der Waals surface area (Å²) in [6.07, 6.45) is 0.834. The van der Waals surface area contributed by atoms with Crippen LogP contribution in [0.2, 0.25) is 0 Å². The van der Waals surface area contributed by atoms with Crippen molar-refractivity contribution in [1.29, 1.82) is 0 Å². The topological polar surface area (TPSA) is 74.8 Å². The summed E-state index contributed by atoms with van der Waals surface area (Å²) < 4.78 is 4.68. The average Bonchev–Trinajstić information content (AvgIpc) is 2.68. The number of aromatic nitrogens is 1. The van der Waals surface area contributed by atoms with E-state index in [2.05, 4.69) is 15.0 Å². The molecule has 0 spiro atoms. The molecule has 1 aliphatic heterocycles. The molecule has 0 aliphatic carbocycles. The van der Waals surface area contributed by atoms with Gasteiger partial charge in [0.1, 0.15) is 0 Å². The summed E-state index contributed by atoms with van der Waals surface area (Å²) in [5.74, 6) is -0.244. The number of hydrogen-bond donors (Lipinski definition) is 1. The van der Waals surface area contributed by atoms with Gasteiger partial charge in [0.25, 0.3) is 0 Å². The zero-order valence-corrected chi connectivity index (χ0v) is 14.0. The highest BCUT2D eigenvalue weighted by molar-refractivity contribution is 7.15. The molecule has 7 nitrogen and oxygen atoms in total. The molecule has 0 saturated carbocycles. The number of carbonyl (C=O) groups excluding carboxylic acids is 2. The third-order valence-corrected chi connectivity index (χ3v) is 4.69. The van der Waals surface area contributed by atoms with Gasteiger partial charge in [0, 0.05) is 31.1 Å². The molecule has 0 radical (unpaired) electrons. The lowest BCUT2D eigenvalue weighted by Gasteiger charge is -2.21. The molecular weight excluding hydrogens is 304 g/mol. The van der Waals surface area contributed by atoms with Gasteiger partial charge in [0.05, 0.1) is 19.3 Å². The van der Waals surface area contributed by atoms with Gasteiger partial charge in [-0.15, -0.1) is 11.3 Å². The van der Waals surface area contributed by atoms with Gasteiger partial charge < -0.3 is 9.64 Å². The molecule has 0 bridgehead atoms. The number of anilines is 1. The van der Waals surface area contributed by atoms with E-state index in [1.165, 1.54) is 18.4 Å². The first-order valence-electron chi connectivity index (χ1n) is 7.28. The number of methoxy groups -OCH3 is 1. The van der Waals surface area contributed by atoms with Crippen molar-refractivity contribution in [3.63, 3.8) is 0 Å². The number of hydrogen-bond acceptors (Lipinski definition) is 6. The third-order valence-electron chi connectivity index (χ3n) is 3.70. The highest BCUT2D eigenvalue weighted by Gasteiger charge is 2.21. The lowest BCUT2D eigenvalue weighted by Crippen LogP contribution is -2.39. The number of rotatable bonds is 3. The summed E-state index contributed by atoms with van der Waals surface area (Å²) in [7, 11) is 1.39. The Kier molecular flexibility index (Phi) is 5.73. The van der Waals surface area contributed by atoms with Gasteiger partial charge in [0.2, 0.25) is 0 Å². The summed E-state index contributed by atoms with van der Waals surface area (Å²) in [6, 6.07) is -0.131. The predicted octanol–water partition coefficient (Wildman–Crippen LogP) is 1.47. The second kappa shape index (κ2) is 7.55. The maximum absolute atomic E-state index is 12.3. The molecule has 2 rings (SSSR count). The Labute approximate surface area is 134 Å². The quantitative estimate of drug-likeness (QED) is 0.852. The van der Waals surface area contributed by atoms with E-state index in [1.54, 1.807) is 4.90 Å². The van der Waals surface area contributed by atoms with Crippen molar-refractivity contribution in [3.8, 4) is 0 Å². The summed E-state index contributed by atoms with van der Waals surface area (Å²) >= 11 is 1.48. The van der Waals surface area contributed by atoms with Crippen molar-refractivity contribution in [2.75, 3.05) is 45.2 Å². The van der Waals surface area contributed by atoms with E-state index in [0.29, 0.717) is 24.8 Å². The summed E-state index contributed by atoms with van der Waals surface area (Å²) in [5, 5.41) is 3.49. The molecular formula is C14H22N4O3S. The number of amides is 2. The molecule has 1 fully saturated rings. The molecule has 1 N–H and O–H groups in total. The first-order valence-corrected chi connectivity index (χ1v) is 8.10. The van der Waals surface area contributed by atoms with Crippen LogP contribution in [0, 0.1) is 13.8 Å². The Morgan fingerprint density at radius 3 is 2.68 bits per heavy atom. The van der Waals surface area contributed by atoms with E-state index in [9.17, 15) is 9.59 Å². The van der Waals surface area contributed by atoms with E-state index < -0.39 is 0 Å². The normalized spacial score (nSPS) is 16.2. The molecule has 122 valence electrons. The van der Waals surface area contributed by atoms with Crippen LogP contribution in [-0.4, -0.2) is 66.6 Å².